The van der Waals surface area contributed by atoms with Gasteiger partial charge in [0.25, 0.3) is 0 Å². The van der Waals surface area contributed by atoms with E-state index in [4.69, 9.17) is 0 Å². The molecule has 0 radical (unpaired) electrons. The van der Waals surface area contributed by atoms with Crippen molar-refractivity contribution >= 4 is 16.1 Å². The van der Waals surface area contributed by atoms with Gasteiger partial charge >= 0.3 is 6.03 Å². The van der Waals surface area contributed by atoms with Crippen molar-refractivity contribution in [1.82, 2.24) is 14.5 Å². The van der Waals surface area contributed by atoms with Crippen LogP contribution in [0.25, 0.3) is 0 Å². The number of nitrogens with zero attached hydrogens (tertiary/aromatic N) is 2. The Balaban J connectivity index is 1.47. The van der Waals surface area contributed by atoms with Crippen molar-refractivity contribution in [2.45, 2.75) is 25.8 Å². The number of rotatable bonds is 3. The van der Waals surface area contributed by atoms with Crippen LogP contribution < -0.4 is 5.32 Å². The first-order valence-electron chi connectivity index (χ1n) is 8.58. The van der Waals surface area contributed by atoms with E-state index in [0.717, 1.165) is 24.0 Å². The maximum absolute atomic E-state index is 13.2. The molecule has 2 aliphatic rings. The smallest absolute Gasteiger partial charge is 0.317 e. The van der Waals surface area contributed by atoms with Crippen LogP contribution in [0.5, 0.6) is 0 Å². The number of fused-ring (bicyclic) bond motifs is 1. The third kappa shape index (κ3) is 4.49. The molecule has 1 aromatic rings. The van der Waals surface area contributed by atoms with E-state index in [1.807, 2.05) is 0 Å². The summed E-state index contributed by atoms with van der Waals surface area (Å²) in [5.41, 5.74) is 1.96. The van der Waals surface area contributed by atoms with E-state index in [1.54, 1.807) is 17.0 Å². The molecule has 6 nitrogen and oxygen atoms in total. The fourth-order valence-corrected chi connectivity index (χ4v) is 4.36. The number of urea groups is 1. The molecule has 3 rings (SSSR count). The van der Waals surface area contributed by atoms with Gasteiger partial charge in [-0.25, -0.2) is 21.9 Å². The van der Waals surface area contributed by atoms with Crippen LogP contribution in [-0.4, -0.2) is 56.1 Å². The van der Waals surface area contributed by atoms with Crippen molar-refractivity contribution in [3.8, 4) is 0 Å². The number of nitrogens with one attached hydrogen (secondary N) is 1. The molecule has 2 amide bonds. The van der Waals surface area contributed by atoms with Gasteiger partial charge in [-0.05, 0) is 48.4 Å². The molecule has 1 aromatic carbocycles. The number of benzene rings is 1. The molecule has 1 N–H and O–H groups in total. The standard InChI is InChI=1S/C17H24FN3O3S/c1-25(23,24)21-8-4-13(5-9-21)11-19-17(22)20-7-6-14-10-16(18)3-2-15(14)12-20/h2-3,10,13H,4-9,11-12H2,1H3,(H,19,22). The van der Waals surface area contributed by atoms with Crippen molar-refractivity contribution in [3.05, 3.63) is 35.1 Å². The minimum absolute atomic E-state index is 0.111. The summed E-state index contributed by atoms with van der Waals surface area (Å²) >= 11 is 0. The third-order valence-electron chi connectivity index (χ3n) is 5.05. The van der Waals surface area contributed by atoms with Crippen molar-refractivity contribution in [1.29, 1.82) is 0 Å². The lowest BCUT2D eigenvalue weighted by molar-refractivity contribution is 0.187. The summed E-state index contributed by atoms with van der Waals surface area (Å²) in [7, 11) is -3.12. The highest BCUT2D eigenvalue weighted by atomic mass is 32.2. The first-order valence-corrected chi connectivity index (χ1v) is 10.4. The van der Waals surface area contributed by atoms with Gasteiger partial charge in [-0.1, -0.05) is 6.07 Å². The van der Waals surface area contributed by atoms with E-state index in [-0.39, 0.29) is 11.8 Å². The van der Waals surface area contributed by atoms with Crippen LogP contribution in [0.2, 0.25) is 0 Å². The zero-order valence-corrected chi connectivity index (χ0v) is 15.2. The Morgan fingerprint density at radius 2 is 1.96 bits per heavy atom. The minimum Gasteiger partial charge on any atom is -0.338 e. The van der Waals surface area contributed by atoms with E-state index in [1.165, 1.54) is 16.6 Å². The second kappa shape index (κ2) is 7.29. The number of hydrogen-bond acceptors (Lipinski definition) is 3. The van der Waals surface area contributed by atoms with Crippen LogP contribution in [0, 0.1) is 11.7 Å². The van der Waals surface area contributed by atoms with Gasteiger partial charge in [0, 0.05) is 32.7 Å². The Labute approximate surface area is 148 Å². The number of hydrogen-bond donors (Lipinski definition) is 1. The Morgan fingerprint density at radius 3 is 2.64 bits per heavy atom. The molecule has 0 spiro atoms. The number of sulfonamides is 1. The molecule has 25 heavy (non-hydrogen) atoms. The SMILES string of the molecule is CS(=O)(=O)N1CCC(CNC(=O)N2CCc3cc(F)ccc3C2)CC1. The Morgan fingerprint density at radius 1 is 1.24 bits per heavy atom. The van der Waals surface area contributed by atoms with E-state index >= 15 is 0 Å². The maximum Gasteiger partial charge on any atom is 0.317 e. The van der Waals surface area contributed by atoms with Crippen molar-refractivity contribution in [2.24, 2.45) is 5.92 Å². The summed E-state index contributed by atoms with van der Waals surface area (Å²) < 4.78 is 37.8. The second-order valence-corrected chi connectivity index (χ2v) is 8.86. The zero-order valence-electron chi connectivity index (χ0n) is 14.4. The lowest BCUT2D eigenvalue weighted by Crippen LogP contribution is -2.46. The molecule has 138 valence electrons. The number of carbonyl (C=O) groups excluding carboxylic acids is 1. The highest BCUT2D eigenvalue weighted by molar-refractivity contribution is 7.88. The third-order valence-corrected chi connectivity index (χ3v) is 6.36. The van der Waals surface area contributed by atoms with Crippen LogP contribution >= 0.6 is 0 Å². The predicted molar refractivity (Wildman–Crippen MR) is 93.1 cm³/mol. The number of amides is 2. The molecule has 0 saturated carbocycles. The zero-order chi connectivity index (χ0) is 18.0. The number of carbonyl (C=O) groups is 1. The van der Waals surface area contributed by atoms with Gasteiger partial charge in [-0.15, -0.1) is 0 Å². The summed E-state index contributed by atoms with van der Waals surface area (Å²) in [6, 6.07) is 4.60. The van der Waals surface area contributed by atoms with Crippen LogP contribution in [0.15, 0.2) is 18.2 Å². The van der Waals surface area contributed by atoms with Gasteiger partial charge in [-0.3, -0.25) is 0 Å². The average Bonchev–Trinajstić information content (AvgIpc) is 2.58. The van der Waals surface area contributed by atoms with E-state index in [9.17, 15) is 17.6 Å². The monoisotopic (exact) mass is 369 g/mol. The second-order valence-electron chi connectivity index (χ2n) is 6.88. The lowest BCUT2D eigenvalue weighted by atomic mass is 9.98. The summed E-state index contributed by atoms with van der Waals surface area (Å²) in [5, 5.41) is 2.96. The maximum atomic E-state index is 13.2. The fraction of sp³-hybridized carbons (Fsp3) is 0.588. The summed E-state index contributed by atoms with van der Waals surface area (Å²) in [6.07, 6.45) is 3.41. The van der Waals surface area contributed by atoms with Crippen LogP contribution in [0.4, 0.5) is 9.18 Å². The molecule has 2 heterocycles. The number of piperidine rings is 1. The largest absolute Gasteiger partial charge is 0.338 e. The van der Waals surface area contributed by atoms with Crippen LogP contribution in [-0.2, 0) is 23.0 Å². The number of halogens is 1. The van der Waals surface area contributed by atoms with Crippen LogP contribution in [0.3, 0.4) is 0 Å². The van der Waals surface area contributed by atoms with Crippen molar-refractivity contribution < 1.29 is 17.6 Å². The highest BCUT2D eigenvalue weighted by Gasteiger charge is 2.26. The summed E-state index contributed by atoms with van der Waals surface area (Å²) in [4.78, 5) is 14.1. The van der Waals surface area contributed by atoms with Crippen LogP contribution in [0.1, 0.15) is 24.0 Å². The first kappa shape index (κ1) is 18.1. The Kier molecular flexibility index (Phi) is 5.29. The van der Waals surface area contributed by atoms with E-state index < -0.39 is 10.0 Å². The van der Waals surface area contributed by atoms with E-state index in [0.29, 0.717) is 45.1 Å². The Bertz CT molecular complexity index is 746. The van der Waals surface area contributed by atoms with Gasteiger partial charge in [0.15, 0.2) is 0 Å². The normalized spacial score (nSPS) is 19.5. The summed E-state index contributed by atoms with van der Waals surface area (Å²) in [6.45, 7) is 2.66. The fourth-order valence-electron chi connectivity index (χ4n) is 3.48. The van der Waals surface area contributed by atoms with Gasteiger partial charge < -0.3 is 10.2 Å². The molecular formula is C17H24FN3O3S. The minimum atomic E-state index is -3.12. The highest BCUT2D eigenvalue weighted by Crippen LogP contribution is 2.21. The molecule has 0 bridgehead atoms. The van der Waals surface area contributed by atoms with Crippen molar-refractivity contribution in [3.63, 3.8) is 0 Å². The summed E-state index contributed by atoms with van der Waals surface area (Å²) in [5.74, 6) is 0.0604. The van der Waals surface area contributed by atoms with Crippen molar-refractivity contribution in [2.75, 3.05) is 32.4 Å². The molecule has 0 unspecified atom stereocenters. The van der Waals surface area contributed by atoms with Gasteiger partial charge in [0.05, 0.1) is 6.26 Å². The topological polar surface area (TPSA) is 69.7 Å². The molecular weight excluding hydrogens is 345 g/mol. The quantitative estimate of drug-likeness (QED) is 0.879. The molecule has 0 atom stereocenters. The molecule has 0 aromatic heterocycles. The van der Waals surface area contributed by atoms with E-state index in [2.05, 4.69) is 5.32 Å². The van der Waals surface area contributed by atoms with Gasteiger partial charge in [0.2, 0.25) is 10.0 Å². The molecule has 2 aliphatic heterocycles. The predicted octanol–water partition coefficient (Wildman–Crippen LogP) is 1.56. The molecule has 8 heteroatoms. The molecule has 1 fully saturated rings. The Hall–Kier alpha value is -1.67. The van der Waals surface area contributed by atoms with Gasteiger partial charge in [-0.2, -0.15) is 0 Å². The lowest BCUT2D eigenvalue weighted by Gasteiger charge is -2.32. The molecule has 1 saturated heterocycles. The first-order chi connectivity index (χ1) is 11.8. The molecule has 0 aliphatic carbocycles. The van der Waals surface area contributed by atoms with Gasteiger partial charge in [0.1, 0.15) is 5.82 Å². The average molecular weight is 369 g/mol.